The number of hydrogen-bond acceptors (Lipinski definition) is 2. The Bertz CT molecular complexity index is 591. The number of benzene rings is 2. The Morgan fingerprint density at radius 2 is 1.85 bits per heavy atom. The molecule has 0 spiro atoms. The van der Waals surface area contributed by atoms with Crippen molar-refractivity contribution >= 4 is 11.4 Å². The maximum atomic E-state index is 6.05. The third-order valence-electron chi connectivity index (χ3n) is 4.34. The molecule has 0 fully saturated rings. The van der Waals surface area contributed by atoms with Crippen molar-refractivity contribution in [2.75, 3.05) is 17.2 Å². The van der Waals surface area contributed by atoms with Gasteiger partial charge in [-0.3, -0.25) is 0 Å². The third kappa shape index (κ3) is 2.51. The highest BCUT2D eigenvalue weighted by Gasteiger charge is 2.22. The zero-order valence-electron chi connectivity index (χ0n) is 12.0. The van der Waals surface area contributed by atoms with Gasteiger partial charge >= 0.3 is 0 Å². The van der Waals surface area contributed by atoms with Crippen molar-refractivity contribution < 1.29 is 0 Å². The van der Waals surface area contributed by atoms with Crippen molar-refractivity contribution in [2.45, 2.75) is 32.2 Å². The van der Waals surface area contributed by atoms with Crippen LogP contribution in [0.4, 0.5) is 11.4 Å². The van der Waals surface area contributed by atoms with Gasteiger partial charge in [0.05, 0.1) is 0 Å². The summed E-state index contributed by atoms with van der Waals surface area (Å²) in [7, 11) is 0. The molecule has 0 bridgehead atoms. The minimum Gasteiger partial charge on any atom is -0.399 e. The van der Waals surface area contributed by atoms with Crippen LogP contribution in [0.2, 0.25) is 0 Å². The molecule has 3 rings (SSSR count). The lowest BCUT2D eigenvalue weighted by Gasteiger charge is -2.37. The Hall–Kier alpha value is -1.96. The van der Waals surface area contributed by atoms with Crippen LogP contribution in [0.15, 0.2) is 48.5 Å². The number of aryl methyl sites for hydroxylation is 1. The lowest BCUT2D eigenvalue weighted by molar-refractivity contribution is 0.562. The van der Waals surface area contributed by atoms with Crippen molar-refractivity contribution in [3.63, 3.8) is 0 Å². The van der Waals surface area contributed by atoms with Gasteiger partial charge in [0.2, 0.25) is 0 Å². The number of nitrogens with zero attached hydrogens (tertiary/aromatic N) is 1. The van der Waals surface area contributed by atoms with E-state index >= 15 is 0 Å². The number of nitrogen functional groups attached to an aromatic ring is 1. The first-order valence-electron chi connectivity index (χ1n) is 7.43. The molecule has 0 saturated heterocycles. The molecule has 20 heavy (non-hydrogen) atoms. The van der Waals surface area contributed by atoms with E-state index < -0.39 is 0 Å². The first-order valence-corrected chi connectivity index (χ1v) is 7.43. The van der Waals surface area contributed by atoms with Gasteiger partial charge in [-0.2, -0.15) is 0 Å². The summed E-state index contributed by atoms with van der Waals surface area (Å²) in [4.78, 5) is 2.53. The van der Waals surface area contributed by atoms with Crippen LogP contribution in [0, 0.1) is 0 Å². The van der Waals surface area contributed by atoms with Crippen molar-refractivity contribution in [1.29, 1.82) is 0 Å². The molecule has 1 atom stereocenters. The maximum absolute atomic E-state index is 6.05. The fourth-order valence-corrected chi connectivity index (χ4v) is 3.10. The van der Waals surface area contributed by atoms with Gasteiger partial charge in [-0.25, -0.2) is 0 Å². The molecule has 1 aliphatic rings. The van der Waals surface area contributed by atoms with Gasteiger partial charge in [-0.1, -0.05) is 36.4 Å². The molecular weight excluding hydrogens is 244 g/mol. The minimum atomic E-state index is 0.606. The van der Waals surface area contributed by atoms with Crippen LogP contribution in [0.1, 0.15) is 24.5 Å². The van der Waals surface area contributed by atoms with Crippen LogP contribution in [0.5, 0.6) is 0 Å². The number of rotatable bonds is 3. The van der Waals surface area contributed by atoms with Crippen molar-refractivity contribution in [3.05, 3.63) is 59.7 Å². The number of para-hydroxylation sites is 2. The monoisotopic (exact) mass is 266 g/mol. The maximum Gasteiger partial charge on any atom is 0.0401 e. The van der Waals surface area contributed by atoms with Crippen LogP contribution in [-0.2, 0) is 12.8 Å². The van der Waals surface area contributed by atoms with Crippen molar-refractivity contribution in [3.8, 4) is 0 Å². The second-order valence-corrected chi connectivity index (χ2v) is 5.66. The standard InChI is InChI=1S/C18H22N2/c1-14-10-11-16-7-3-5-9-18(16)20(14)13-12-15-6-2-4-8-17(15)19/h2-9,14H,10-13,19H2,1H3. The van der Waals surface area contributed by atoms with Crippen molar-refractivity contribution in [1.82, 2.24) is 0 Å². The Morgan fingerprint density at radius 1 is 1.10 bits per heavy atom. The summed E-state index contributed by atoms with van der Waals surface area (Å²) >= 11 is 0. The van der Waals surface area contributed by atoms with E-state index in [4.69, 9.17) is 5.73 Å². The van der Waals surface area contributed by atoms with Gasteiger partial charge in [-0.15, -0.1) is 0 Å². The molecule has 0 radical (unpaired) electrons. The average molecular weight is 266 g/mol. The molecule has 2 nitrogen and oxygen atoms in total. The lowest BCUT2D eigenvalue weighted by atomic mass is 9.96. The first-order chi connectivity index (χ1) is 9.75. The summed E-state index contributed by atoms with van der Waals surface area (Å²) in [6.07, 6.45) is 3.44. The van der Waals surface area contributed by atoms with E-state index in [2.05, 4.69) is 48.2 Å². The minimum absolute atomic E-state index is 0.606. The van der Waals surface area contributed by atoms with E-state index in [-0.39, 0.29) is 0 Å². The smallest absolute Gasteiger partial charge is 0.0401 e. The van der Waals surface area contributed by atoms with Gasteiger partial charge in [0.15, 0.2) is 0 Å². The van der Waals surface area contributed by atoms with E-state index in [1.165, 1.54) is 29.7 Å². The van der Waals surface area contributed by atoms with E-state index in [0.29, 0.717) is 6.04 Å². The largest absolute Gasteiger partial charge is 0.399 e. The molecule has 0 amide bonds. The summed E-state index contributed by atoms with van der Waals surface area (Å²) in [5.74, 6) is 0. The number of hydrogen-bond donors (Lipinski definition) is 1. The predicted octanol–water partition coefficient (Wildman–Crippen LogP) is 3.65. The molecule has 2 N–H and O–H groups in total. The number of nitrogens with two attached hydrogens (primary N) is 1. The molecule has 0 aliphatic carbocycles. The Kier molecular flexibility index (Phi) is 3.64. The molecule has 0 aromatic heterocycles. The van der Waals surface area contributed by atoms with Gasteiger partial charge in [0, 0.05) is 24.0 Å². The van der Waals surface area contributed by atoms with Gasteiger partial charge in [-0.05, 0) is 49.4 Å². The zero-order chi connectivity index (χ0) is 13.9. The van der Waals surface area contributed by atoms with E-state index in [9.17, 15) is 0 Å². The summed E-state index contributed by atoms with van der Waals surface area (Å²) in [5.41, 5.74) is 11.1. The fourth-order valence-electron chi connectivity index (χ4n) is 3.10. The summed E-state index contributed by atoms with van der Waals surface area (Å²) in [5, 5.41) is 0. The Balaban J connectivity index is 1.79. The molecule has 2 heteroatoms. The molecule has 0 saturated carbocycles. The molecule has 104 valence electrons. The molecule has 2 aromatic carbocycles. The number of anilines is 2. The van der Waals surface area contributed by atoms with E-state index in [1.54, 1.807) is 0 Å². The van der Waals surface area contributed by atoms with Crippen LogP contribution in [0.25, 0.3) is 0 Å². The lowest BCUT2D eigenvalue weighted by Crippen LogP contribution is -2.38. The van der Waals surface area contributed by atoms with Gasteiger partial charge in [0.1, 0.15) is 0 Å². The highest BCUT2D eigenvalue weighted by molar-refractivity contribution is 5.57. The Labute approximate surface area is 121 Å². The van der Waals surface area contributed by atoms with Crippen LogP contribution < -0.4 is 10.6 Å². The van der Waals surface area contributed by atoms with Gasteiger partial charge < -0.3 is 10.6 Å². The van der Waals surface area contributed by atoms with E-state index in [1.807, 2.05) is 12.1 Å². The van der Waals surface area contributed by atoms with Crippen molar-refractivity contribution in [2.24, 2.45) is 0 Å². The molecule has 1 aliphatic heterocycles. The van der Waals surface area contributed by atoms with Gasteiger partial charge in [0.25, 0.3) is 0 Å². The number of fused-ring (bicyclic) bond motifs is 1. The fraction of sp³-hybridized carbons (Fsp3) is 0.333. The Morgan fingerprint density at radius 3 is 2.70 bits per heavy atom. The van der Waals surface area contributed by atoms with Crippen LogP contribution in [0.3, 0.4) is 0 Å². The molecule has 1 unspecified atom stereocenters. The topological polar surface area (TPSA) is 29.3 Å². The highest BCUT2D eigenvalue weighted by atomic mass is 15.2. The highest BCUT2D eigenvalue weighted by Crippen LogP contribution is 2.30. The third-order valence-corrected chi connectivity index (χ3v) is 4.34. The average Bonchev–Trinajstić information content (AvgIpc) is 2.48. The quantitative estimate of drug-likeness (QED) is 0.859. The molecule has 1 heterocycles. The van der Waals surface area contributed by atoms with Crippen LogP contribution >= 0.6 is 0 Å². The second kappa shape index (κ2) is 5.58. The molecular formula is C18H22N2. The summed E-state index contributed by atoms with van der Waals surface area (Å²) in [6.45, 7) is 3.36. The summed E-state index contributed by atoms with van der Waals surface area (Å²) < 4.78 is 0. The first kappa shape index (κ1) is 13.0. The predicted molar refractivity (Wildman–Crippen MR) is 86.1 cm³/mol. The second-order valence-electron chi connectivity index (χ2n) is 5.66. The SMILES string of the molecule is CC1CCc2ccccc2N1CCc1ccccc1N. The van der Waals surface area contributed by atoms with E-state index in [0.717, 1.165) is 18.7 Å². The van der Waals surface area contributed by atoms with Crippen LogP contribution in [-0.4, -0.2) is 12.6 Å². The summed E-state index contributed by atoms with van der Waals surface area (Å²) in [6, 6.07) is 17.6. The normalized spacial score (nSPS) is 17.9. The zero-order valence-corrected chi connectivity index (χ0v) is 12.0. The molecule has 2 aromatic rings.